The first-order chi connectivity index (χ1) is 10.3. The number of imidazole rings is 1. The van der Waals surface area contributed by atoms with Crippen LogP contribution in [0.3, 0.4) is 0 Å². The normalized spacial score (nSPS) is 12.3. The Hall–Kier alpha value is -1.88. The molecule has 0 saturated carbocycles. The van der Waals surface area contributed by atoms with Gasteiger partial charge in [-0.05, 0) is 25.5 Å². The molecule has 1 unspecified atom stereocenters. The van der Waals surface area contributed by atoms with E-state index in [-0.39, 0.29) is 6.04 Å². The molecule has 2 aromatic heterocycles. The molecule has 5 heteroatoms. The predicted octanol–water partition coefficient (Wildman–Crippen LogP) is 2.50. The van der Waals surface area contributed by atoms with E-state index >= 15 is 0 Å². The fourth-order valence-electron chi connectivity index (χ4n) is 2.44. The quantitative estimate of drug-likeness (QED) is 0.811. The van der Waals surface area contributed by atoms with Crippen molar-refractivity contribution in [3.63, 3.8) is 0 Å². The number of methoxy groups -OCH3 is 1. The van der Waals surface area contributed by atoms with Crippen molar-refractivity contribution in [2.24, 2.45) is 7.05 Å². The molecule has 2 rings (SSSR count). The van der Waals surface area contributed by atoms with E-state index < -0.39 is 0 Å². The summed E-state index contributed by atoms with van der Waals surface area (Å²) in [6.07, 6.45) is 8.57. The SMILES string of the molecule is CCCNC(CCc1nccn1C)c1cccnc1OC. The molecule has 1 N–H and O–H groups in total. The maximum absolute atomic E-state index is 5.40. The van der Waals surface area contributed by atoms with Crippen LogP contribution in [0.2, 0.25) is 0 Å². The van der Waals surface area contributed by atoms with Crippen LogP contribution in [-0.4, -0.2) is 28.2 Å². The van der Waals surface area contributed by atoms with Crippen LogP contribution in [0.15, 0.2) is 30.7 Å². The van der Waals surface area contributed by atoms with Crippen molar-refractivity contribution < 1.29 is 4.74 Å². The summed E-state index contributed by atoms with van der Waals surface area (Å²) in [6, 6.07) is 4.27. The summed E-state index contributed by atoms with van der Waals surface area (Å²) in [4.78, 5) is 8.70. The molecule has 0 aliphatic heterocycles. The summed E-state index contributed by atoms with van der Waals surface area (Å²) >= 11 is 0. The lowest BCUT2D eigenvalue weighted by atomic mass is 10.0. The molecular formula is C16H24N4O. The fraction of sp³-hybridized carbons (Fsp3) is 0.500. The molecule has 0 radical (unpaired) electrons. The van der Waals surface area contributed by atoms with Crippen molar-refractivity contribution in [3.8, 4) is 5.88 Å². The van der Waals surface area contributed by atoms with Gasteiger partial charge >= 0.3 is 0 Å². The van der Waals surface area contributed by atoms with Crippen molar-refractivity contribution >= 4 is 0 Å². The molecule has 21 heavy (non-hydrogen) atoms. The van der Waals surface area contributed by atoms with Gasteiger partial charge in [-0.15, -0.1) is 0 Å². The largest absolute Gasteiger partial charge is 0.481 e. The van der Waals surface area contributed by atoms with E-state index in [1.807, 2.05) is 25.5 Å². The summed E-state index contributed by atoms with van der Waals surface area (Å²) in [6.45, 7) is 3.15. The van der Waals surface area contributed by atoms with Crippen LogP contribution in [0.25, 0.3) is 0 Å². The maximum Gasteiger partial charge on any atom is 0.217 e. The van der Waals surface area contributed by atoms with Gasteiger partial charge in [0.1, 0.15) is 5.82 Å². The summed E-state index contributed by atoms with van der Waals surface area (Å²) in [5, 5.41) is 3.59. The molecule has 5 nitrogen and oxygen atoms in total. The average molecular weight is 288 g/mol. The molecule has 2 aromatic rings. The maximum atomic E-state index is 5.40. The van der Waals surface area contributed by atoms with Gasteiger partial charge < -0.3 is 14.6 Å². The summed E-state index contributed by atoms with van der Waals surface area (Å²) in [5.41, 5.74) is 1.11. The van der Waals surface area contributed by atoms with E-state index in [0.717, 1.165) is 37.2 Å². The molecule has 1 atom stereocenters. The van der Waals surface area contributed by atoms with Crippen LogP contribution >= 0.6 is 0 Å². The van der Waals surface area contributed by atoms with Gasteiger partial charge in [0.25, 0.3) is 0 Å². The van der Waals surface area contributed by atoms with E-state index in [9.17, 15) is 0 Å². The highest BCUT2D eigenvalue weighted by Crippen LogP contribution is 2.26. The molecule has 0 aliphatic rings. The second-order valence-corrected chi connectivity index (χ2v) is 5.10. The van der Waals surface area contributed by atoms with Crippen LogP contribution in [0, 0.1) is 0 Å². The fourth-order valence-corrected chi connectivity index (χ4v) is 2.44. The van der Waals surface area contributed by atoms with Crippen molar-refractivity contribution in [1.29, 1.82) is 0 Å². The van der Waals surface area contributed by atoms with E-state index in [1.54, 1.807) is 13.3 Å². The Morgan fingerprint density at radius 1 is 1.33 bits per heavy atom. The zero-order valence-corrected chi connectivity index (χ0v) is 13.0. The molecule has 2 heterocycles. The highest BCUT2D eigenvalue weighted by atomic mass is 16.5. The van der Waals surface area contributed by atoms with Gasteiger partial charge in [-0.2, -0.15) is 0 Å². The molecule has 0 bridgehead atoms. The van der Waals surface area contributed by atoms with Gasteiger partial charge in [-0.3, -0.25) is 0 Å². The zero-order valence-electron chi connectivity index (χ0n) is 13.0. The lowest BCUT2D eigenvalue weighted by Gasteiger charge is -2.20. The minimum Gasteiger partial charge on any atom is -0.481 e. The minimum atomic E-state index is 0.227. The highest BCUT2D eigenvalue weighted by Gasteiger charge is 2.17. The van der Waals surface area contributed by atoms with Gasteiger partial charge in [0.2, 0.25) is 5.88 Å². The second-order valence-electron chi connectivity index (χ2n) is 5.10. The monoisotopic (exact) mass is 288 g/mol. The molecule has 0 saturated heterocycles. The number of aryl methyl sites for hydroxylation is 2. The Labute approximate surface area is 126 Å². The number of ether oxygens (including phenoxy) is 1. The second kappa shape index (κ2) is 7.78. The van der Waals surface area contributed by atoms with Crippen LogP contribution in [0.4, 0.5) is 0 Å². The third kappa shape index (κ3) is 4.04. The number of rotatable bonds is 8. The molecule has 114 valence electrons. The summed E-state index contributed by atoms with van der Waals surface area (Å²) in [7, 11) is 3.70. The molecule has 0 fully saturated rings. The Bertz CT molecular complexity index is 553. The number of aromatic nitrogens is 3. The lowest BCUT2D eigenvalue weighted by Crippen LogP contribution is -2.24. The van der Waals surface area contributed by atoms with Gasteiger partial charge in [0, 0.05) is 43.7 Å². The molecular weight excluding hydrogens is 264 g/mol. The third-order valence-electron chi connectivity index (χ3n) is 3.59. The number of hydrogen-bond donors (Lipinski definition) is 1. The summed E-state index contributed by atoms with van der Waals surface area (Å²) in [5.74, 6) is 1.80. The number of nitrogens with zero attached hydrogens (tertiary/aromatic N) is 3. The van der Waals surface area contributed by atoms with E-state index in [1.165, 1.54) is 0 Å². The average Bonchev–Trinajstić information content (AvgIpc) is 2.93. The molecule has 0 amide bonds. The van der Waals surface area contributed by atoms with Gasteiger partial charge in [0.05, 0.1) is 7.11 Å². The van der Waals surface area contributed by atoms with E-state index in [2.05, 4.69) is 32.8 Å². The molecule has 0 aliphatic carbocycles. The van der Waals surface area contributed by atoms with Crippen molar-refractivity contribution in [1.82, 2.24) is 19.9 Å². The smallest absolute Gasteiger partial charge is 0.217 e. The molecule has 0 aromatic carbocycles. The van der Waals surface area contributed by atoms with E-state index in [0.29, 0.717) is 5.88 Å². The first-order valence-electron chi connectivity index (χ1n) is 7.44. The first kappa shape index (κ1) is 15.5. The Balaban J connectivity index is 2.12. The Morgan fingerprint density at radius 3 is 2.86 bits per heavy atom. The van der Waals surface area contributed by atoms with Crippen LogP contribution in [0.1, 0.15) is 37.2 Å². The first-order valence-corrected chi connectivity index (χ1v) is 7.44. The topological polar surface area (TPSA) is 52.0 Å². The van der Waals surface area contributed by atoms with Crippen LogP contribution in [-0.2, 0) is 13.5 Å². The number of nitrogens with one attached hydrogen (secondary N) is 1. The Kier molecular flexibility index (Phi) is 5.75. The van der Waals surface area contributed by atoms with Gasteiger partial charge in [-0.25, -0.2) is 9.97 Å². The Morgan fingerprint density at radius 2 is 2.19 bits per heavy atom. The van der Waals surface area contributed by atoms with Gasteiger partial charge in [-0.1, -0.05) is 13.0 Å². The molecule has 0 spiro atoms. The predicted molar refractivity (Wildman–Crippen MR) is 83.4 cm³/mol. The third-order valence-corrected chi connectivity index (χ3v) is 3.59. The zero-order chi connectivity index (χ0) is 15.1. The standard InChI is InChI=1S/C16H24N4O/c1-4-9-17-14(7-8-15-18-11-12-20(15)2)13-6-5-10-19-16(13)21-3/h5-6,10-12,14,17H,4,7-9H2,1-3H3. The summed E-state index contributed by atoms with van der Waals surface area (Å²) < 4.78 is 7.46. The van der Waals surface area contributed by atoms with Crippen molar-refractivity contribution in [3.05, 3.63) is 42.1 Å². The lowest BCUT2D eigenvalue weighted by molar-refractivity contribution is 0.378. The highest BCUT2D eigenvalue weighted by molar-refractivity contribution is 5.29. The minimum absolute atomic E-state index is 0.227. The van der Waals surface area contributed by atoms with Crippen molar-refractivity contribution in [2.75, 3.05) is 13.7 Å². The number of hydrogen-bond acceptors (Lipinski definition) is 4. The van der Waals surface area contributed by atoms with Crippen LogP contribution < -0.4 is 10.1 Å². The van der Waals surface area contributed by atoms with Crippen molar-refractivity contribution in [2.45, 2.75) is 32.2 Å². The van der Waals surface area contributed by atoms with E-state index in [4.69, 9.17) is 4.74 Å². The van der Waals surface area contributed by atoms with Crippen LogP contribution in [0.5, 0.6) is 5.88 Å². The van der Waals surface area contributed by atoms with Gasteiger partial charge in [0.15, 0.2) is 0 Å². The number of pyridine rings is 1.